The molecule has 1 fully saturated rings. The Morgan fingerprint density at radius 1 is 1.31 bits per heavy atom. The number of ether oxygens (including phenoxy) is 2. The van der Waals surface area contributed by atoms with Crippen LogP contribution in [0.4, 0.5) is 0 Å². The van der Waals surface area contributed by atoms with Crippen LogP contribution in [0.25, 0.3) is 10.9 Å². The van der Waals surface area contributed by atoms with Gasteiger partial charge in [0.15, 0.2) is 12.0 Å². The molecule has 0 aliphatic carbocycles. The number of hydrogen-bond acceptors (Lipinski definition) is 5. The summed E-state index contributed by atoms with van der Waals surface area (Å²) in [6, 6.07) is 9.17. The van der Waals surface area contributed by atoms with E-state index in [1.807, 2.05) is 30.3 Å². The van der Waals surface area contributed by atoms with Crippen LogP contribution in [0.15, 0.2) is 42.7 Å². The molecule has 0 N–H and O–H groups in total. The van der Waals surface area contributed by atoms with E-state index in [1.165, 1.54) is 0 Å². The molecule has 0 amide bonds. The number of aromatic nitrogens is 3. The predicted molar refractivity (Wildman–Crippen MR) is 97.9 cm³/mol. The number of fused-ring (bicyclic) bond motifs is 1. The number of Topliss-reactive ketones (excluding diaryl/α,β-unsaturated/α-hetero) is 1. The van der Waals surface area contributed by atoms with E-state index in [9.17, 15) is 4.79 Å². The first kappa shape index (κ1) is 17.0. The van der Waals surface area contributed by atoms with Gasteiger partial charge < -0.3 is 9.47 Å². The SMILES string of the molecule is O=C(CCl)c1nn(C2CCCCO2)c2cc(Oc3cccnc3)ccc12. The highest BCUT2D eigenvalue weighted by molar-refractivity contribution is 6.31. The largest absolute Gasteiger partial charge is 0.456 e. The summed E-state index contributed by atoms with van der Waals surface area (Å²) in [6.45, 7) is 0.691. The first-order valence-electron chi connectivity index (χ1n) is 8.57. The summed E-state index contributed by atoms with van der Waals surface area (Å²) in [5, 5.41) is 5.27. The molecule has 2 aromatic heterocycles. The first-order valence-corrected chi connectivity index (χ1v) is 9.10. The lowest BCUT2D eigenvalue weighted by Crippen LogP contribution is -2.19. The van der Waals surface area contributed by atoms with Crippen molar-refractivity contribution in [3.63, 3.8) is 0 Å². The van der Waals surface area contributed by atoms with E-state index in [0.29, 0.717) is 23.8 Å². The number of ketones is 1. The van der Waals surface area contributed by atoms with Crippen LogP contribution in [0.3, 0.4) is 0 Å². The van der Waals surface area contributed by atoms with Crippen molar-refractivity contribution in [2.24, 2.45) is 0 Å². The Balaban J connectivity index is 1.77. The third kappa shape index (κ3) is 3.30. The molecule has 3 aromatic rings. The highest BCUT2D eigenvalue weighted by Crippen LogP contribution is 2.32. The fourth-order valence-electron chi connectivity index (χ4n) is 3.13. The molecule has 1 saturated heterocycles. The Morgan fingerprint density at radius 2 is 2.23 bits per heavy atom. The molecule has 1 aliphatic heterocycles. The Morgan fingerprint density at radius 3 is 2.96 bits per heavy atom. The van der Waals surface area contributed by atoms with Gasteiger partial charge in [0.25, 0.3) is 0 Å². The second kappa shape index (κ2) is 7.43. The van der Waals surface area contributed by atoms with E-state index in [-0.39, 0.29) is 17.9 Å². The van der Waals surface area contributed by atoms with Crippen molar-refractivity contribution in [3.05, 3.63) is 48.4 Å². The minimum Gasteiger partial charge on any atom is -0.456 e. The highest BCUT2D eigenvalue weighted by Gasteiger charge is 2.23. The van der Waals surface area contributed by atoms with Gasteiger partial charge in [-0.25, -0.2) is 4.68 Å². The van der Waals surface area contributed by atoms with Crippen LogP contribution in [0.1, 0.15) is 36.0 Å². The summed E-state index contributed by atoms with van der Waals surface area (Å²) < 4.78 is 13.5. The van der Waals surface area contributed by atoms with Gasteiger partial charge in [0.1, 0.15) is 17.2 Å². The number of halogens is 1. The molecule has 1 aromatic carbocycles. The lowest BCUT2D eigenvalue weighted by atomic mass is 10.1. The van der Waals surface area contributed by atoms with Gasteiger partial charge in [-0.3, -0.25) is 9.78 Å². The van der Waals surface area contributed by atoms with Crippen LogP contribution in [0, 0.1) is 0 Å². The number of pyridine rings is 1. The predicted octanol–water partition coefficient (Wildman–Crippen LogP) is 4.34. The van der Waals surface area contributed by atoms with Crippen molar-refractivity contribution in [3.8, 4) is 11.5 Å². The Kier molecular flexibility index (Phi) is 4.86. The molecule has 1 unspecified atom stereocenters. The molecule has 1 aliphatic rings. The van der Waals surface area contributed by atoms with E-state index in [4.69, 9.17) is 21.1 Å². The zero-order valence-electron chi connectivity index (χ0n) is 14.1. The average Bonchev–Trinajstić information content (AvgIpc) is 3.08. The van der Waals surface area contributed by atoms with E-state index in [0.717, 1.165) is 30.2 Å². The van der Waals surface area contributed by atoms with Gasteiger partial charge in [-0.15, -0.1) is 11.6 Å². The zero-order valence-corrected chi connectivity index (χ0v) is 14.9. The van der Waals surface area contributed by atoms with Gasteiger partial charge >= 0.3 is 0 Å². The molecule has 3 heterocycles. The van der Waals surface area contributed by atoms with Gasteiger partial charge in [-0.2, -0.15) is 5.10 Å². The quantitative estimate of drug-likeness (QED) is 0.493. The first-order chi connectivity index (χ1) is 12.8. The van der Waals surface area contributed by atoms with E-state index in [1.54, 1.807) is 17.1 Å². The van der Waals surface area contributed by atoms with Gasteiger partial charge in [-0.1, -0.05) is 0 Å². The van der Waals surface area contributed by atoms with Crippen LogP contribution < -0.4 is 4.74 Å². The van der Waals surface area contributed by atoms with E-state index < -0.39 is 0 Å². The molecular formula is C19H18ClN3O3. The number of carbonyl (C=O) groups is 1. The van der Waals surface area contributed by atoms with Crippen LogP contribution >= 0.6 is 11.6 Å². The fourth-order valence-corrected chi connectivity index (χ4v) is 3.26. The maximum atomic E-state index is 12.2. The molecule has 26 heavy (non-hydrogen) atoms. The van der Waals surface area contributed by atoms with Crippen LogP contribution in [0.2, 0.25) is 0 Å². The number of nitrogens with zero attached hydrogens (tertiary/aromatic N) is 3. The van der Waals surface area contributed by atoms with Gasteiger partial charge in [0, 0.05) is 24.3 Å². The lowest BCUT2D eigenvalue weighted by molar-refractivity contribution is -0.0367. The summed E-state index contributed by atoms with van der Waals surface area (Å²) in [4.78, 5) is 16.3. The number of alkyl halides is 1. The topological polar surface area (TPSA) is 66.2 Å². The highest BCUT2D eigenvalue weighted by atomic mass is 35.5. The molecule has 1 atom stereocenters. The van der Waals surface area contributed by atoms with Crippen molar-refractivity contribution < 1.29 is 14.3 Å². The normalized spacial score (nSPS) is 17.3. The van der Waals surface area contributed by atoms with Crippen molar-refractivity contribution in [2.45, 2.75) is 25.5 Å². The van der Waals surface area contributed by atoms with Crippen molar-refractivity contribution in [1.29, 1.82) is 0 Å². The average molecular weight is 372 g/mol. The molecular weight excluding hydrogens is 354 g/mol. The van der Waals surface area contributed by atoms with E-state index >= 15 is 0 Å². The Hall–Kier alpha value is -2.44. The standard InChI is InChI=1S/C19H18ClN3O3/c20-11-17(24)19-15-7-6-13(26-14-4-3-8-21-12-14)10-16(15)23(22-19)18-5-1-2-9-25-18/h3-4,6-8,10,12,18H,1-2,5,9,11H2. The molecule has 4 rings (SSSR count). The maximum Gasteiger partial charge on any atom is 0.198 e. The third-order valence-electron chi connectivity index (χ3n) is 4.36. The van der Waals surface area contributed by atoms with Gasteiger partial charge in [0.05, 0.1) is 17.6 Å². The van der Waals surface area contributed by atoms with Crippen molar-refractivity contribution in [2.75, 3.05) is 12.5 Å². The van der Waals surface area contributed by atoms with Gasteiger partial charge in [0.2, 0.25) is 0 Å². The maximum absolute atomic E-state index is 12.2. The minimum atomic E-state index is -0.202. The fraction of sp³-hybridized carbons (Fsp3) is 0.316. The Labute approximate surface area is 155 Å². The minimum absolute atomic E-state index is 0.106. The third-order valence-corrected chi connectivity index (χ3v) is 4.61. The molecule has 0 bridgehead atoms. The summed E-state index contributed by atoms with van der Waals surface area (Å²) in [5.41, 5.74) is 1.17. The van der Waals surface area contributed by atoms with Crippen LogP contribution in [0.5, 0.6) is 11.5 Å². The smallest absolute Gasteiger partial charge is 0.198 e. The Bertz CT molecular complexity index is 920. The van der Waals surface area contributed by atoms with Crippen LogP contribution in [-0.4, -0.2) is 33.0 Å². The number of benzene rings is 1. The molecule has 6 nitrogen and oxygen atoms in total. The van der Waals surface area contributed by atoms with Crippen molar-refractivity contribution in [1.82, 2.24) is 14.8 Å². The number of carbonyl (C=O) groups excluding carboxylic acids is 1. The molecule has 134 valence electrons. The van der Waals surface area contributed by atoms with Crippen LogP contribution in [-0.2, 0) is 4.74 Å². The summed E-state index contributed by atoms with van der Waals surface area (Å²) in [6.07, 6.45) is 6.12. The summed E-state index contributed by atoms with van der Waals surface area (Å²) in [7, 11) is 0. The lowest BCUT2D eigenvalue weighted by Gasteiger charge is -2.23. The second-order valence-corrected chi connectivity index (χ2v) is 6.41. The van der Waals surface area contributed by atoms with E-state index in [2.05, 4.69) is 10.1 Å². The number of rotatable bonds is 5. The monoisotopic (exact) mass is 371 g/mol. The summed E-state index contributed by atoms with van der Waals surface area (Å²) >= 11 is 5.76. The van der Waals surface area contributed by atoms with Gasteiger partial charge in [-0.05, 0) is 43.5 Å². The second-order valence-electron chi connectivity index (χ2n) is 6.14. The zero-order chi connectivity index (χ0) is 17.9. The van der Waals surface area contributed by atoms with Crippen molar-refractivity contribution >= 4 is 28.3 Å². The number of hydrogen-bond donors (Lipinski definition) is 0. The summed E-state index contributed by atoms with van der Waals surface area (Å²) in [5.74, 6) is 0.981. The molecule has 7 heteroatoms. The molecule has 0 saturated carbocycles. The molecule has 0 radical (unpaired) electrons. The molecule has 0 spiro atoms.